The van der Waals surface area contributed by atoms with Crippen LogP contribution in [0, 0.1) is 5.41 Å². The molecule has 0 aromatic heterocycles. The van der Waals surface area contributed by atoms with Crippen molar-refractivity contribution < 1.29 is 24.2 Å². The molecule has 0 unspecified atom stereocenters. The third kappa shape index (κ3) is 7.21. The molecule has 0 saturated carbocycles. The van der Waals surface area contributed by atoms with Gasteiger partial charge in [-0.25, -0.2) is 4.79 Å². The third-order valence-corrected chi connectivity index (χ3v) is 5.30. The van der Waals surface area contributed by atoms with Crippen molar-refractivity contribution in [2.45, 2.75) is 52.9 Å². The Hall–Kier alpha value is -2.82. The summed E-state index contributed by atoms with van der Waals surface area (Å²) in [5.74, 6) is -0.224. The minimum Gasteiger partial charge on any atom is -0.494 e. The number of ether oxygens (including phenoxy) is 2. The Kier molecular flexibility index (Phi) is 8.90. The van der Waals surface area contributed by atoms with E-state index in [9.17, 15) is 9.59 Å². The Morgan fingerprint density at radius 2 is 1.37 bits per heavy atom. The van der Waals surface area contributed by atoms with Gasteiger partial charge in [0.05, 0.1) is 24.2 Å². The van der Waals surface area contributed by atoms with Crippen LogP contribution in [-0.4, -0.2) is 30.3 Å². The lowest BCUT2D eigenvalue weighted by Gasteiger charge is -2.20. The van der Waals surface area contributed by atoms with Crippen molar-refractivity contribution in [3.63, 3.8) is 0 Å². The zero-order chi connectivity index (χ0) is 22.0. The molecule has 0 radical (unpaired) electrons. The topological polar surface area (TPSA) is 72.8 Å². The molecule has 2 rings (SSSR count). The van der Waals surface area contributed by atoms with Gasteiger partial charge in [-0.05, 0) is 81.3 Å². The molecule has 0 fully saturated rings. The highest BCUT2D eigenvalue weighted by molar-refractivity contribution is 5.88. The van der Waals surface area contributed by atoms with Crippen molar-refractivity contribution in [2.24, 2.45) is 5.41 Å². The molecule has 0 aliphatic carbocycles. The van der Waals surface area contributed by atoms with Gasteiger partial charge in [-0.2, -0.15) is 0 Å². The molecular weight excluding hydrogens is 380 g/mol. The van der Waals surface area contributed by atoms with E-state index in [1.165, 1.54) is 0 Å². The largest absolute Gasteiger partial charge is 0.494 e. The molecule has 0 aliphatic heterocycles. The molecule has 0 aliphatic rings. The summed E-state index contributed by atoms with van der Waals surface area (Å²) in [6, 6.07) is 14.6. The maximum absolute atomic E-state index is 11.9. The van der Waals surface area contributed by atoms with Crippen molar-refractivity contribution in [1.82, 2.24) is 0 Å². The molecule has 5 heteroatoms. The average Bonchev–Trinajstić information content (AvgIpc) is 2.75. The molecule has 0 amide bonds. The predicted octanol–water partition coefficient (Wildman–Crippen LogP) is 5.97. The minimum atomic E-state index is -0.924. The minimum absolute atomic E-state index is 0.116. The number of esters is 1. The van der Waals surface area contributed by atoms with E-state index in [0.29, 0.717) is 13.2 Å². The van der Waals surface area contributed by atoms with Gasteiger partial charge in [-0.15, -0.1) is 0 Å². The van der Waals surface area contributed by atoms with E-state index in [2.05, 4.69) is 0 Å². The van der Waals surface area contributed by atoms with Crippen LogP contribution in [0.1, 0.15) is 63.2 Å². The van der Waals surface area contributed by atoms with Crippen LogP contribution in [-0.2, 0) is 9.53 Å². The van der Waals surface area contributed by atoms with E-state index >= 15 is 0 Å². The number of carbonyl (C=O) groups excluding carboxylic acids is 1. The van der Waals surface area contributed by atoms with Gasteiger partial charge in [0.25, 0.3) is 0 Å². The summed E-state index contributed by atoms with van der Waals surface area (Å²) in [5.41, 5.74) is 1.86. The normalized spacial score (nSPS) is 11.2. The quantitative estimate of drug-likeness (QED) is 0.343. The van der Waals surface area contributed by atoms with Crippen molar-refractivity contribution in [1.29, 1.82) is 0 Å². The van der Waals surface area contributed by atoms with Crippen LogP contribution >= 0.6 is 0 Å². The fraction of sp³-hybridized carbons (Fsp3) is 0.440. The van der Waals surface area contributed by atoms with Gasteiger partial charge in [-0.1, -0.05) is 31.2 Å². The first kappa shape index (κ1) is 23.5. The molecule has 30 heavy (non-hydrogen) atoms. The lowest BCUT2D eigenvalue weighted by molar-refractivity contribution is -0.154. The molecule has 0 saturated heterocycles. The van der Waals surface area contributed by atoms with Gasteiger partial charge in [0.15, 0.2) is 0 Å². The fourth-order valence-electron chi connectivity index (χ4n) is 2.80. The highest BCUT2D eigenvalue weighted by Crippen LogP contribution is 2.23. The van der Waals surface area contributed by atoms with Gasteiger partial charge in [0.2, 0.25) is 0 Å². The Balaban J connectivity index is 1.63. The number of benzene rings is 2. The summed E-state index contributed by atoms with van der Waals surface area (Å²) in [7, 11) is 0. The molecule has 0 spiro atoms. The summed E-state index contributed by atoms with van der Waals surface area (Å²) in [5, 5.41) is 8.97. The number of carboxylic acids is 1. The van der Waals surface area contributed by atoms with E-state index in [-0.39, 0.29) is 11.5 Å². The molecule has 5 nitrogen and oxygen atoms in total. The SMILES string of the molecule is CCC(C)(C)C(=O)OCCCCCCOc1ccc(-c2ccc(C(=O)O)cc2)cc1. The Morgan fingerprint density at radius 1 is 0.833 bits per heavy atom. The van der Waals surface area contributed by atoms with Crippen molar-refractivity contribution in [3.05, 3.63) is 54.1 Å². The van der Waals surface area contributed by atoms with E-state index in [4.69, 9.17) is 14.6 Å². The number of aromatic carboxylic acids is 1. The van der Waals surface area contributed by atoms with E-state index in [0.717, 1.165) is 49.0 Å². The highest BCUT2D eigenvalue weighted by atomic mass is 16.5. The molecule has 0 atom stereocenters. The Labute approximate surface area is 179 Å². The van der Waals surface area contributed by atoms with Gasteiger partial charge in [0, 0.05) is 0 Å². The maximum Gasteiger partial charge on any atom is 0.335 e. The van der Waals surface area contributed by atoms with Crippen LogP contribution in [0.4, 0.5) is 0 Å². The summed E-state index contributed by atoms with van der Waals surface area (Å²) >= 11 is 0. The monoisotopic (exact) mass is 412 g/mol. The molecule has 2 aromatic carbocycles. The lowest BCUT2D eigenvalue weighted by atomic mass is 9.91. The van der Waals surface area contributed by atoms with Crippen molar-refractivity contribution in [2.75, 3.05) is 13.2 Å². The zero-order valence-electron chi connectivity index (χ0n) is 18.1. The number of carbonyl (C=O) groups is 2. The maximum atomic E-state index is 11.9. The van der Waals surface area contributed by atoms with Crippen LogP contribution in [0.5, 0.6) is 5.75 Å². The van der Waals surface area contributed by atoms with E-state index in [1.807, 2.05) is 45.0 Å². The second-order valence-electron chi connectivity index (χ2n) is 8.04. The zero-order valence-corrected chi connectivity index (χ0v) is 18.1. The number of unbranched alkanes of at least 4 members (excludes halogenated alkanes) is 3. The number of hydrogen-bond acceptors (Lipinski definition) is 4. The third-order valence-electron chi connectivity index (χ3n) is 5.30. The van der Waals surface area contributed by atoms with Crippen LogP contribution in [0.15, 0.2) is 48.5 Å². The first-order chi connectivity index (χ1) is 14.3. The predicted molar refractivity (Wildman–Crippen MR) is 118 cm³/mol. The summed E-state index contributed by atoms with van der Waals surface area (Å²) in [6.45, 7) is 6.95. The second kappa shape index (κ2) is 11.4. The molecule has 2 aromatic rings. The van der Waals surface area contributed by atoms with E-state index < -0.39 is 11.4 Å². The summed E-state index contributed by atoms with van der Waals surface area (Å²) in [4.78, 5) is 22.8. The Morgan fingerprint density at radius 3 is 1.90 bits per heavy atom. The molecular formula is C25H32O5. The van der Waals surface area contributed by atoms with E-state index in [1.54, 1.807) is 24.3 Å². The standard InChI is InChI=1S/C25H32O5/c1-4-25(2,3)24(28)30-18-8-6-5-7-17-29-22-15-13-20(14-16-22)19-9-11-21(12-10-19)23(26)27/h9-16H,4-8,17-18H2,1-3H3,(H,26,27). The number of rotatable bonds is 12. The second-order valence-corrected chi connectivity index (χ2v) is 8.04. The Bertz CT molecular complexity index is 806. The summed E-state index contributed by atoms with van der Waals surface area (Å²) in [6.07, 6.45) is 4.64. The smallest absolute Gasteiger partial charge is 0.335 e. The van der Waals surface area contributed by atoms with Crippen molar-refractivity contribution in [3.8, 4) is 16.9 Å². The van der Waals surface area contributed by atoms with Gasteiger partial charge >= 0.3 is 11.9 Å². The van der Waals surface area contributed by atoms with Crippen LogP contribution in [0.3, 0.4) is 0 Å². The fourth-order valence-corrected chi connectivity index (χ4v) is 2.80. The first-order valence-corrected chi connectivity index (χ1v) is 10.6. The van der Waals surface area contributed by atoms with Crippen LogP contribution in [0.25, 0.3) is 11.1 Å². The molecule has 1 N–H and O–H groups in total. The van der Waals surface area contributed by atoms with Gasteiger partial charge in [0.1, 0.15) is 5.75 Å². The molecule has 0 heterocycles. The number of hydrogen-bond donors (Lipinski definition) is 1. The van der Waals surface area contributed by atoms with Crippen LogP contribution in [0.2, 0.25) is 0 Å². The average molecular weight is 413 g/mol. The molecule has 0 bridgehead atoms. The molecule has 162 valence electrons. The summed E-state index contributed by atoms with van der Waals surface area (Å²) < 4.78 is 11.1. The lowest BCUT2D eigenvalue weighted by Crippen LogP contribution is -2.26. The first-order valence-electron chi connectivity index (χ1n) is 10.6. The van der Waals surface area contributed by atoms with Crippen molar-refractivity contribution >= 4 is 11.9 Å². The number of carboxylic acid groups (broad SMARTS) is 1. The van der Waals surface area contributed by atoms with Gasteiger partial charge in [-0.3, -0.25) is 4.79 Å². The van der Waals surface area contributed by atoms with Gasteiger partial charge < -0.3 is 14.6 Å². The van der Waals surface area contributed by atoms with Crippen LogP contribution < -0.4 is 4.74 Å². The highest BCUT2D eigenvalue weighted by Gasteiger charge is 2.26.